The van der Waals surface area contributed by atoms with Crippen LogP contribution in [0.2, 0.25) is 10.0 Å². The van der Waals surface area contributed by atoms with E-state index in [1.165, 1.54) is 57.0 Å². The van der Waals surface area contributed by atoms with E-state index < -0.39 is 5.82 Å². The van der Waals surface area contributed by atoms with Crippen LogP contribution < -0.4 is 10.2 Å². The van der Waals surface area contributed by atoms with Gasteiger partial charge in [0.05, 0.1) is 21.2 Å². The molecule has 0 spiro atoms. The molecule has 29 heavy (non-hydrogen) atoms. The minimum Gasteiger partial charge on any atom is -0.371 e. The van der Waals surface area contributed by atoms with Gasteiger partial charge in [-0.2, -0.15) is 0 Å². The van der Waals surface area contributed by atoms with Crippen molar-refractivity contribution in [1.29, 1.82) is 0 Å². The van der Waals surface area contributed by atoms with E-state index in [1.54, 1.807) is 6.07 Å². The van der Waals surface area contributed by atoms with Gasteiger partial charge < -0.3 is 10.2 Å². The highest BCUT2D eigenvalue weighted by Gasteiger charge is 2.16. The Kier molecular flexibility index (Phi) is 10.1. The summed E-state index contributed by atoms with van der Waals surface area (Å²) < 4.78 is 12.5. The molecule has 2 aliphatic rings. The largest absolute Gasteiger partial charge is 0.371 e. The Labute approximate surface area is 181 Å². The minimum atomic E-state index is -0.581. The standard InChI is InChI=1S/C11H12ClNO.C7H4ClFO.C4H9N/c12-10-4-3-5-11(9(10)8-14)13-6-1-2-7-13;8-6-2-1-3-7(9)5(6)4-10;1-2-4-5-3-1/h3-5,8H,1-2,6-7H2;1-4H;5H,1-4H2. The molecule has 2 aromatic rings. The average Bonchev–Trinajstić information content (AvgIpc) is 3.45. The number of aldehydes is 2. The lowest BCUT2D eigenvalue weighted by Gasteiger charge is -2.19. The Hall–Kier alpha value is -1.95. The molecule has 0 aliphatic carbocycles. The Bertz CT molecular complexity index is 780. The molecule has 2 fully saturated rings. The molecule has 156 valence electrons. The predicted octanol–water partition coefficient (Wildman–Crippen LogP) is 5.41. The maximum absolute atomic E-state index is 12.5. The predicted molar refractivity (Wildman–Crippen MR) is 117 cm³/mol. The van der Waals surface area contributed by atoms with Crippen LogP contribution in [-0.4, -0.2) is 38.8 Å². The van der Waals surface area contributed by atoms with E-state index in [-0.39, 0.29) is 10.6 Å². The highest BCUT2D eigenvalue weighted by Crippen LogP contribution is 2.28. The third-order valence-corrected chi connectivity index (χ3v) is 5.33. The fourth-order valence-corrected chi connectivity index (χ4v) is 3.55. The zero-order chi connectivity index (χ0) is 21.1. The SMILES string of the molecule is C1CCNC1.O=Cc1c(Cl)cccc1N1CCCC1.O=Cc1c(F)cccc1Cl. The van der Waals surface area contributed by atoms with E-state index in [4.69, 9.17) is 23.2 Å². The first-order valence-corrected chi connectivity index (χ1v) is 10.4. The molecule has 2 aromatic carbocycles. The van der Waals surface area contributed by atoms with Crippen molar-refractivity contribution >= 4 is 41.5 Å². The van der Waals surface area contributed by atoms with Gasteiger partial charge in [-0.3, -0.25) is 9.59 Å². The van der Waals surface area contributed by atoms with Crippen molar-refractivity contribution in [3.63, 3.8) is 0 Å². The van der Waals surface area contributed by atoms with Crippen LogP contribution in [0, 0.1) is 5.82 Å². The second-order valence-electron chi connectivity index (χ2n) is 6.69. The second kappa shape index (κ2) is 12.6. The summed E-state index contributed by atoms with van der Waals surface area (Å²) in [4.78, 5) is 23.2. The summed E-state index contributed by atoms with van der Waals surface area (Å²) in [5.74, 6) is -0.581. The molecule has 4 rings (SSSR count). The molecule has 4 nitrogen and oxygen atoms in total. The van der Waals surface area contributed by atoms with Gasteiger partial charge in [-0.05, 0) is 63.0 Å². The van der Waals surface area contributed by atoms with E-state index >= 15 is 0 Å². The van der Waals surface area contributed by atoms with Crippen LogP contribution in [0.5, 0.6) is 0 Å². The molecule has 0 radical (unpaired) electrons. The summed E-state index contributed by atoms with van der Waals surface area (Å²) >= 11 is 11.4. The lowest BCUT2D eigenvalue weighted by molar-refractivity contribution is 0.111. The number of nitrogens with zero attached hydrogens (tertiary/aromatic N) is 1. The Morgan fingerprint density at radius 2 is 1.38 bits per heavy atom. The molecule has 2 heterocycles. The second-order valence-corrected chi connectivity index (χ2v) is 7.51. The molecule has 0 saturated carbocycles. The number of nitrogens with one attached hydrogen (secondary N) is 1. The van der Waals surface area contributed by atoms with Gasteiger partial charge in [0.15, 0.2) is 12.6 Å². The number of benzene rings is 2. The Morgan fingerprint density at radius 3 is 1.83 bits per heavy atom. The van der Waals surface area contributed by atoms with Crippen LogP contribution in [0.25, 0.3) is 0 Å². The molecule has 0 bridgehead atoms. The lowest BCUT2D eigenvalue weighted by Crippen LogP contribution is -2.19. The minimum absolute atomic E-state index is 0.0795. The van der Waals surface area contributed by atoms with Crippen LogP contribution in [-0.2, 0) is 0 Å². The molecule has 2 saturated heterocycles. The number of hydrogen-bond acceptors (Lipinski definition) is 4. The zero-order valence-corrected chi connectivity index (χ0v) is 17.7. The van der Waals surface area contributed by atoms with Crippen LogP contribution in [0.3, 0.4) is 0 Å². The number of halogens is 3. The maximum atomic E-state index is 12.5. The Morgan fingerprint density at radius 1 is 0.828 bits per heavy atom. The maximum Gasteiger partial charge on any atom is 0.154 e. The Balaban J connectivity index is 0.000000173. The summed E-state index contributed by atoms with van der Waals surface area (Å²) in [6, 6.07) is 9.71. The van der Waals surface area contributed by atoms with E-state index in [0.29, 0.717) is 16.9 Å². The van der Waals surface area contributed by atoms with Gasteiger partial charge in [-0.1, -0.05) is 35.3 Å². The third-order valence-electron chi connectivity index (χ3n) is 4.67. The molecule has 2 aliphatic heterocycles. The lowest BCUT2D eigenvalue weighted by atomic mass is 10.2. The van der Waals surface area contributed by atoms with Crippen molar-refractivity contribution in [1.82, 2.24) is 5.32 Å². The van der Waals surface area contributed by atoms with Crippen LogP contribution in [0.15, 0.2) is 36.4 Å². The molecule has 7 heteroatoms. The summed E-state index contributed by atoms with van der Waals surface area (Å²) in [6.07, 6.45) is 6.42. The average molecular weight is 439 g/mol. The molecule has 1 N–H and O–H groups in total. The van der Waals surface area contributed by atoms with Crippen molar-refractivity contribution in [2.75, 3.05) is 31.1 Å². The van der Waals surface area contributed by atoms with Gasteiger partial charge in [0.2, 0.25) is 0 Å². The van der Waals surface area contributed by atoms with Gasteiger partial charge in [0.25, 0.3) is 0 Å². The highest BCUT2D eigenvalue weighted by atomic mass is 35.5. The highest BCUT2D eigenvalue weighted by molar-refractivity contribution is 6.33. The van der Waals surface area contributed by atoms with Crippen molar-refractivity contribution in [2.24, 2.45) is 0 Å². The van der Waals surface area contributed by atoms with Gasteiger partial charge in [-0.15, -0.1) is 0 Å². The fourth-order valence-electron chi connectivity index (χ4n) is 3.12. The molecular formula is C22H25Cl2FN2O2. The third kappa shape index (κ3) is 7.11. The number of carbonyl (C=O) groups is 2. The quantitative estimate of drug-likeness (QED) is 0.650. The summed E-state index contributed by atoms with van der Waals surface area (Å²) in [6.45, 7) is 4.56. The normalized spacial score (nSPS) is 15.1. The van der Waals surface area contributed by atoms with Crippen molar-refractivity contribution in [2.45, 2.75) is 25.7 Å². The van der Waals surface area contributed by atoms with Crippen LogP contribution in [0.4, 0.5) is 10.1 Å². The zero-order valence-electron chi connectivity index (χ0n) is 16.2. The summed E-state index contributed by atoms with van der Waals surface area (Å²) in [5, 5.41) is 3.92. The first kappa shape index (κ1) is 23.3. The van der Waals surface area contributed by atoms with E-state index in [2.05, 4.69) is 10.2 Å². The molecule has 0 atom stereocenters. The summed E-state index contributed by atoms with van der Waals surface area (Å²) in [7, 11) is 0. The summed E-state index contributed by atoms with van der Waals surface area (Å²) in [5.41, 5.74) is 1.52. The van der Waals surface area contributed by atoms with Gasteiger partial charge in [0, 0.05) is 18.8 Å². The van der Waals surface area contributed by atoms with Crippen molar-refractivity contribution in [3.8, 4) is 0 Å². The number of rotatable bonds is 3. The van der Waals surface area contributed by atoms with E-state index in [0.717, 1.165) is 25.1 Å². The van der Waals surface area contributed by atoms with Gasteiger partial charge >= 0.3 is 0 Å². The van der Waals surface area contributed by atoms with Gasteiger partial charge in [0.1, 0.15) is 5.82 Å². The monoisotopic (exact) mass is 438 g/mol. The smallest absolute Gasteiger partial charge is 0.154 e. The number of hydrogen-bond donors (Lipinski definition) is 1. The topological polar surface area (TPSA) is 49.4 Å². The van der Waals surface area contributed by atoms with Crippen molar-refractivity contribution < 1.29 is 14.0 Å². The first-order valence-electron chi connectivity index (χ1n) is 9.67. The van der Waals surface area contributed by atoms with Crippen LogP contribution >= 0.6 is 23.2 Å². The fraction of sp³-hybridized carbons (Fsp3) is 0.364. The van der Waals surface area contributed by atoms with Crippen LogP contribution in [0.1, 0.15) is 46.4 Å². The number of anilines is 1. The van der Waals surface area contributed by atoms with E-state index in [1.807, 2.05) is 12.1 Å². The number of carbonyl (C=O) groups excluding carboxylic acids is 2. The first-order chi connectivity index (χ1) is 14.1. The molecule has 0 unspecified atom stereocenters. The molecule has 0 amide bonds. The molecule has 0 aromatic heterocycles. The van der Waals surface area contributed by atoms with E-state index in [9.17, 15) is 14.0 Å². The van der Waals surface area contributed by atoms with Gasteiger partial charge in [-0.25, -0.2) is 4.39 Å². The molecular weight excluding hydrogens is 414 g/mol. The van der Waals surface area contributed by atoms with Crippen molar-refractivity contribution in [3.05, 3.63) is 63.4 Å².